The van der Waals surface area contributed by atoms with Gasteiger partial charge in [0.1, 0.15) is 5.75 Å². The number of benzene rings is 1. The van der Waals surface area contributed by atoms with Gasteiger partial charge in [-0.2, -0.15) is 0 Å². The number of ether oxygens (including phenoxy) is 2. The molecule has 1 amide bonds. The Balaban J connectivity index is 1.83. The van der Waals surface area contributed by atoms with Crippen LogP contribution >= 0.6 is 27.5 Å². The number of hydrogen-bond donors (Lipinski definition) is 1. The summed E-state index contributed by atoms with van der Waals surface area (Å²) < 4.78 is 11.9. The average molecular weight is 363 g/mol. The van der Waals surface area contributed by atoms with Crippen LogP contribution in [-0.2, 0) is 9.53 Å². The van der Waals surface area contributed by atoms with Crippen LogP contribution < -0.4 is 10.1 Å². The molecule has 0 saturated carbocycles. The van der Waals surface area contributed by atoms with Gasteiger partial charge in [-0.25, -0.2) is 0 Å². The van der Waals surface area contributed by atoms with Crippen LogP contribution in [0.25, 0.3) is 0 Å². The predicted molar refractivity (Wildman–Crippen MR) is 81.2 cm³/mol. The number of carbonyl (C=O) groups excluding carboxylic acids is 1. The van der Waals surface area contributed by atoms with E-state index in [9.17, 15) is 4.79 Å². The number of amides is 1. The highest BCUT2D eigenvalue weighted by molar-refractivity contribution is 9.10. The third kappa shape index (κ3) is 4.36. The maximum atomic E-state index is 11.9. The van der Waals surface area contributed by atoms with Crippen molar-refractivity contribution in [2.75, 3.05) is 13.2 Å². The molecule has 1 fully saturated rings. The maximum Gasteiger partial charge on any atom is 0.260 e. The SMILES string of the molecule is C[C@H](Oc1ccc(Br)cc1Cl)C(=O)NC[C@H]1CCCO1. The lowest BCUT2D eigenvalue weighted by atomic mass is 10.2. The molecule has 6 heteroatoms. The van der Waals surface area contributed by atoms with Gasteiger partial charge in [0.15, 0.2) is 6.10 Å². The van der Waals surface area contributed by atoms with Crippen molar-refractivity contribution in [1.29, 1.82) is 0 Å². The van der Waals surface area contributed by atoms with Gasteiger partial charge in [-0.15, -0.1) is 0 Å². The normalized spacial score (nSPS) is 19.6. The Kier molecular flexibility index (Phi) is 5.69. The van der Waals surface area contributed by atoms with Gasteiger partial charge in [0.2, 0.25) is 0 Å². The first-order valence-electron chi connectivity index (χ1n) is 6.57. The van der Waals surface area contributed by atoms with Crippen LogP contribution in [0.2, 0.25) is 5.02 Å². The number of hydrogen-bond acceptors (Lipinski definition) is 3. The van der Waals surface area contributed by atoms with Gasteiger partial charge in [0.05, 0.1) is 11.1 Å². The van der Waals surface area contributed by atoms with Crippen molar-refractivity contribution in [2.45, 2.75) is 32.0 Å². The summed E-state index contributed by atoms with van der Waals surface area (Å²) in [6, 6.07) is 5.28. The Morgan fingerprint density at radius 3 is 3.10 bits per heavy atom. The van der Waals surface area contributed by atoms with E-state index in [0.29, 0.717) is 17.3 Å². The molecule has 0 radical (unpaired) electrons. The van der Waals surface area contributed by atoms with E-state index in [0.717, 1.165) is 23.9 Å². The van der Waals surface area contributed by atoms with Crippen molar-refractivity contribution in [3.8, 4) is 5.75 Å². The first-order chi connectivity index (χ1) is 9.56. The Labute approximate surface area is 131 Å². The van der Waals surface area contributed by atoms with E-state index in [2.05, 4.69) is 21.2 Å². The summed E-state index contributed by atoms with van der Waals surface area (Å²) in [5.74, 6) is 0.328. The standard InChI is InChI=1S/C14H17BrClNO3/c1-9(14(18)17-8-11-3-2-6-19-11)20-13-5-4-10(15)7-12(13)16/h4-5,7,9,11H,2-3,6,8H2,1H3,(H,17,18)/t9-,11+/m0/s1. The van der Waals surface area contributed by atoms with E-state index in [1.807, 2.05) is 6.07 Å². The molecule has 0 aliphatic carbocycles. The van der Waals surface area contributed by atoms with Gasteiger partial charge in [-0.05, 0) is 38.0 Å². The number of carbonyl (C=O) groups is 1. The smallest absolute Gasteiger partial charge is 0.260 e. The average Bonchev–Trinajstić information content (AvgIpc) is 2.92. The second-order valence-corrected chi connectivity index (χ2v) is 6.04. The lowest BCUT2D eigenvalue weighted by molar-refractivity contribution is -0.127. The molecule has 1 aromatic carbocycles. The van der Waals surface area contributed by atoms with Crippen LogP contribution in [0.5, 0.6) is 5.75 Å². The Hall–Kier alpha value is -0.780. The van der Waals surface area contributed by atoms with Crippen LogP contribution in [0.4, 0.5) is 0 Å². The number of rotatable bonds is 5. The molecule has 1 heterocycles. The molecule has 20 heavy (non-hydrogen) atoms. The van der Waals surface area contributed by atoms with E-state index in [4.69, 9.17) is 21.1 Å². The van der Waals surface area contributed by atoms with Gasteiger partial charge in [-0.1, -0.05) is 27.5 Å². The maximum absolute atomic E-state index is 11.9. The second-order valence-electron chi connectivity index (χ2n) is 4.72. The van der Waals surface area contributed by atoms with Crippen LogP contribution in [0.3, 0.4) is 0 Å². The second kappa shape index (κ2) is 7.29. The first-order valence-corrected chi connectivity index (χ1v) is 7.74. The van der Waals surface area contributed by atoms with Gasteiger partial charge >= 0.3 is 0 Å². The summed E-state index contributed by atoms with van der Waals surface area (Å²) >= 11 is 9.37. The molecule has 0 unspecified atom stereocenters. The fourth-order valence-corrected chi connectivity index (χ4v) is 2.70. The van der Waals surface area contributed by atoms with E-state index in [1.165, 1.54) is 0 Å². The van der Waals surface area contributed by atoms with Gasteiger partial charge in [0.25, 0.3) is 5.91 Å². The fourth-order valence-electron chi connectivity index (χ4n) is 1.98. The molecule has 4 nitrogen and oxygen atoms in total. The molecule has 1 aromatic rings. The minimum absolute atomic E-state index is 0.127. The highest BCUT2D eigenvalue weighted by Crippen LogP contribution is 2.28. The minimum Gasteiger partial charge on any atom is -0.479 e. The van der Waals surface area contributed by atoms with E-state index in [-0.39, 0.29) is 12.0 Å². The highest BCUT2D eigenvalue weighted by Gasteiger charge is 2.20. The molecular formula is C14H17BrClNO3. The van der Waals surface area contributed by atoms with Crippen LogP contribution in [0.15, 0.2) is 22.7 Å². The molecule has 1 aliphatic heterocycles. The molecule has 2 rings (SSSR count). The molecule has 0 aromatic heterocycles. The zero-order chi connectivity index (χ0) is 14.5. The zero-order valence-electron chi connectivity index (χ0n) is 11.2. The topological polar surface area (TPSA) is 47.6 Å². The zero-order valence-corrected chi connectivity index (χ0v) is 13.5. The van der Waals surface area contributed by atoms with Gasteiger partial charge in [-0.3, -0.25) is 4.79 Å². The van der Waals surface area contributed by atoms with E-state index < -0.39 is 6.10 Å². The molecule has 1 saturated heterocycles. The summed E-state index contributed by atoms with van der Waals surface area (Å²) in [7, 11) is 0. The van der Waals surface area contributed by atoms with Crippen molar-refractivity contribution in [1.82, 2.24) is 5.32 Å². The molecule has 1 aliphatic rings. The monoisotopic (exact) mass is 361 g/mol. The molecule has 2 atom stereocenters. The largest absolute Gasteiger partial charge is 0.479 e. The van der Waals surface area contributed by atoms with Crippen LogP contribution in [0, 0.1) is 0 Å². The molecular weight excluding hydrogens is 346 g/mol. The van der Waals surface area contributed by atoms with E-state index >= 15 is 0 Å². The number of halogens is 2. The highest BCUT2D eigenvalue weighted by atomic mass is 79.9. The van der Waals surface area contributed by atoms with Crippen molar-refractivity contribution in [3.63, 3.8) is 0 Å². The lowest BCUT2D eigenvalue weighted by Gasteiger charge is -2.17. The third-order valence-corrected chi connectivity index (χ3v) is 3.88. The van der Waals surface area contributed by atoms with Gasteiger partial charge in [0, 0.05) is 17.6 Å². The Morgan fingerprint density at radius 1 is 1.65 bits per heavy atom. The molecule has 0 spiro atoms. The summed E-state index contributed by atoms with van der Waals surface area (Å²) in [5, 5.41) is 3.30. The fraction of sp³-hybridized carbons (Fsp3) is 0.500. The molecule has 110 valence electrons. The molecule has 1 N–H and O–H groups in total. The Bertz CT molecular complexity index is 477. The quantitative estimate of drug-likeness (QED) is 0.875. The molecule has 0 bridgehead atoms. The number of nitrogens with one attached hydrogen (secondary N) is 1. The van der Waals surface area contributed by atoms with Crippen molar-refractivity contribution >= 4 is 33.4 Å². The van der Waals surface area contributed by atoms with Crippen molar-refractivity contribution in [3.05, 3.63) is 27.7 Å². The first kappa shape index (κ1) is 15.6. The van der Waals surface area contributed by atoms with Crippen LogP contribution in [-0.4, -0.2) is 31.3 Å². The summed E-state index contributed by atoms with van der Waals surface area (Å²) in [6.45, 7) is 3.00. The van der Waals surface area contributed by atoms with Gasteiger partial charge < -0.3 is 14.8 Å². The minimum atomic E-state index is -0.602. The Morgan fingerprint density at radius 2 is 2.45 bits per heavy atom. The van der Waals surface area contributed by atoms with Crippen LogP contribution in [0.1, 0.15) is 19.8 Å². The third-order valence-electron chi connectivity index (χ3n) is 3.09. The summed E-state index contributed by atoms with van der Waals surface area (Å²) in [4.78, 5) is 11.9. The summed E-state index contributed by atoms with van der Waals surface area (Å²) in [5.41, 5.74) is 0. The van der Waals surface area contributed by atoms with Crippen molar-refractivity contribution < 1.29 is 14.3 Å². The summed E-state index contributed by atoms with van der Waals surface area (Å²) in [6.07, 6.45) is 1.58. The predicted octanol–water partition coefficient (Wildman–Crippen LogP) is 3.17. The van der Waals surface area contributed by atoms with E-state index in [1.54, 1.807) is 19.1 Å². The van der Waals surface area contributed by atoms with Crippen molar-refractivity contribution in [2.24, 2.45) is 0 Å². The lowest BCUT2D eigenvalue weighted by Crippen LogP contribution is -2.40.